The fourth-order valence-corrected chi connectivity index (χ4v) is 4.58. The predicted molar refractivity (Wildman–Crippen MR) is 121 cm³/mol. The number of hydrogen-bond donors (Lipinski definition) is 0. The first-order valence-corrected chi connectivity index (χ1v) is 11.2. The summed E-state index contributed by atoms with van der Waals surface area (Å²) in [5, 5.41) is 0. The minimum absolute atomic E-state index is 0.000521. The van der Waals surface area contributed by atoms with E-state index >= 15 is 0 Å². The van der Waals surface area contributed by atoms with Gasteiger partial charge in [0.15, 0.2) is 0 Å². The van der Waals surface area contributed by atoms with E-state index in [1.807, 2.05) is 45.0 Å². The third-order valence-electron chi connectivity index (χ3n) is 5.98. The Bertz CT molecular complexity index is 905. The number of carbonyl (C=O) groups excluding carboxylic acids is 1. The third kappa shape index (κ3) is 5.40. The topological polar surface area (TPSA) is 48.0 Å². The van der Waals surface area contributed by atoms with Gasteiger partial charge in [-0.15, -0.1) is 0 Å². The standard InChI is InChI=1S/C26H33NO4/c1-25(2,3)31-24(28)12-15-27-14-7-13-26(18-27)19-30-23-16-21(10-11-22(23)26)29-17-20-8-5-4-6-9-20/h4-6,8-11,16H,7,12-15,17-19H2,1-3H3. The number of carbonyl (C=O) groups is 1. The highest BCUT2D eigenvalue weighted by Gasteiger charge is 2.44. The van der Waals surface area contributed by atoms with Gasteiger partial charge in [0.2, 0.25) is 0 Å². The lowest BCUT2D eigenvalue weighted by atomic mass is 9.75. The van der Waals surface area contributed by atoms with Crippen molar-refractivity contribution < 1.29 is 19.0 Å². The van der Waals surface area contributed by atoms with Crippen LogP contribution in [-0.2, 0) is 21.6 Å². The summed E-state index contributed by atoms with van der Waals surface area (Å²) in [6, 6.07) is 16.4. The van der Waals surface area contributed by atoms with E-state index in [4.69, 9.17) is 14.2 Å². The van der Waals surface area contributed by atoms with Gasteiger partial charge < -0.3 is 19.1 Å². The Morgan fingerprint density at radius 2 is 1.97 bits per heavy atom. The van der Waals surface area contributed by atoms with Crippen molar-refractivity contribution in [1.82, 2.24) is 4.90 Å². The molecule has 0 radical (unpaired) electrons. The Balaban J connectivity index is 1.37. The van der Waals surface area contributed by atoms with Gasteiger partial charge in [0.1, 0.15) is 23.7 Å². The summed E-state index contributed by atoms with van der Waals surface area (Å²) in [5.74, 6) is 1.63. The van der Waals surface area contributed by atoms with Crippen molar-refractivity contribution in [1.29, 1.82) is 0 Å². The molecular weight excluding hydrogens is 390 g/mol. The van der Waals surface area contributed by atoms with Gasteiger partial charge in [-0.05, 0) is 51.8 Å². The van der Waals surface area contributed by atoms with Crippen molar-refractivity contribution in [2.45, 2.75) is 57.7 Å². The second-order valence-electron chi connectivity index (χ2n) is 9.72. The number of likely N-dealkylation sites (tertiary alicyclic amines) is 1. The van der Waals surface area contributed by atoms with E-state index in [0.29, 0.717) is 19.6 Å². The van der Waals surface area contributed by atoms with Gasteiger partial charge in [-0.1, -0.05) is 36.4 Å². The number of piperidine rings is 1. The molecule has 1 fully saturated rings. The SMILES string of the molecule is CC(C)(C)OC(=O)CCN1CCCC2(COc3cc(OCc4ccccc4)ccc32)C1. The molecule has 1 unspecified atom stereocenters. The van der Waals surface area contributed by atoms with Crippen molar-refractivity contribution in [3.63, 3.8) is 0 Å². The molecule has 2 aromatic carbocycles. The molecule has 166 valence electrons. The quantitative estimate of drug-likeness (QED) is 0.629. The van der Waals surface area contributed by atoms with Crippen molar-refractivity contribution >= 4 is 5.97 Å². The Labute approximate surface area is 185 Å². The smallest absolute Gasteiger partial charge is 0.307 e. The molecule has 0 bridgehead atoms. The largest absolute Gasteiger partial charge is 0.492 e. The van der Waals surface area contributed by atoms with Crippen LogP contribution in [0, 0.1) is 0 Å². The molecule has 2 aliphatic rings. The summed E-state index contributed by atoms with van der Waals surface area (Å²) >= 11 is 0. The molecular formula is C26H33NO4. The van der Waals surface area contributed by atoms with E-state index in [1.54, 1.807) is 0 Å². The fraction of sp³-hybridized carbons (Fsp3) is 0.500. The monoisotopic (exact) mass is 423 g/mol. The fourth-order valence-electron chi connectivity index (χ4n) is 4.58. The van der Waals surface area contributed by atoms with Crippen LogP contribution in [0.25, 0.3) is 0 Å². The molecule has 0 saturated carbocycles. The number of esters is 1. The van der Waals surface area contributed by atoms with Crippen LogP contribution >= 0.6 is 0 Å². The van der Waals surface area contributed by atoms with Crippen LogP contribution in [0.5, 0.6) is 11.5 Å². The van der Waals surface area contributed by atoms with Gasteiger partial charge in [0, 0.05) is 30.1 Å². The Hall–Kier alpha value is -2.53. The molecule has 5 nitrogen and oxygen atoms in total. The zero-order valence-electron chi connectivity index (χ0n) is 18.9. The van der Waals surface area contributed by atoms with Crippen molar-refractivity contribution in [3.05, 3.63) is 59.7 Å². The van der Waals surface area contributed by atoms with E-state index in [2.05, 4.69) is 29.2 Å². The highest BCUT2D eigenvalue weighted by molar-refractivity contribution is 5.70. The molecule has 1 atom stereocenters. The number of fused-ring (bicyclic) bond motifs is 2. The lowest BCUT2D eigenvalue weighted by Gasteiger charge is -2.39. The van der Waals surface area contributed by atoms with Crippen molar-refractivity contribution in [2.24, 2.45) is 0 Å². The second-order valence-corrected chi connectivity index (χ2v) is 9.72. The van der Waals surface area contributed by atoms with Crippen LogP contribution in [0.15, 0.2) is 48.5 Å². The lowest BCUT2D eigenvalue weighted by Crippen LogP contribution is -2.47. The van der Waals surface area contributed by atoms with Gasteiger partial charge in [-0.3, -0.25) is 4.79 Å². The predicted octanol–water partition coefficient (Wildman–Crippen LogP) is 4.72. The number of benzene rings is 2. The normalized spacial score (nSPS) is 20.9. The van der Waals surface area contributed by atoms with Gasteiger partial charge in [-0.2, -0.15) is 0 Å². The van der Waals surface area contributed by atoms with Crippen molar-refractivity contribution in [2.75, 3.05) is 26.2 Å². The van der Waals surface area contributed by atoms with Crippen LogP contribution < -0.4 is 9.47 Å². The molecule has 31 heavy (non-hydrogen) atoms. The Morgan fingerprint density at radius 3 is 2.74 bits per heavy atom. The van der Waals surface area contributed by atoms with Crippen LogP contribution in [0.2, 0.25) is 0 Å². The zero-order chi connectivity index (χ0) is 21.9. The first-order valence-electron chi connectivity index (χ1n) is 11.2. The summed E-state index contributed by atoms with van der Waals surface area (Å²) in [6.45, 7) is 9.61. The number of rotatable bonds is 6. The van der Waals surface area contributed by atoms with Gasteiger partial charge >= 0.3 is 5.97 Å². The maximum atomic E-state index is 12.1. The molecule has 2 heterocycles. The molecule has 0 aliphatic carbocycles. The molecule has 2 aliphatic heterocycles. The van der Waals surface area contributed by atoms with Gasteiger partial charge in [0.25, 0.3) is 0 Å². The molecule has 0 aromatic heterocycles. The van der Waals surface area contributed by atoms with Gasteiger partial charge in [-0.25, -0.2) is 0 Å². The molecule has 5 heteroatoms. The van der Waals surface area contributed by atoms with Crippen LogP contribution in [0.3, 0.4) is 0 Å². The first-order chi connectivity index (χ1) is 14.8. The van der Waals surface area contributed by atoms with Gasteiger partial charge in [0.05, 0.1) is 13.0 Å². The van der Waals surface area contributed by atoms with Crippen LogP contribution in [-0.4, -0.2) is 42.7 Å². The van der Waals surface area contributed by atoms with Crippen LogP contribution in [0.1, 0.15) is 51.2 Å². The van der Waals surface area contributed by atoms with E-state index in [1.165, 1.54) is 5.56 Å². The zero-order valence-corrected chi connectivity index (χ0v) is 18.9. The number of hydrogen-bond acceptors (Lipinski definition) is 5. The second kappa shape index (κ2) is 8.91. The maximum Gasteiger partial charge on any atom is 0.307 e. The van der Waals surface area contributed by atoms with E-state index in [0.717, 1.165) is 49.5 Å². The summed E-state index contributed by atoms with van der Waals surface area (Å²) in [4.78, 5) is 14.5. The summed E-state index contributed by atoms with van der Waals surface area (Å²) in [7, 11) is 0. The third-order valence-corrected chi connectivity index (χ3v) is 5.98. The molecule has 4 rings (SSSR count). The molecule has 2 aromatic rings. The highest BCUT2D eigenvalue weighted by atomic mass is 16.6. The van der Waals surface area contributed by atoms with E-state index in [9.17, 15) is 4.79 Å². The molecule has 1 saturated heterocycles. The number of ether oxygens (including phenoxy) is 3. The molecule has 1 spiro atoms. The van der Waals surface area contributed by atoms with E-state index < -0.39 is 5.60 Å². The summed E-state index contributed by atoms with van der Waals surface area (Å²) in [6.07, 6.45) is 2.63. The number of nitrogens with zero attached hydrogens (tertiary/aromatic N) is 1. The Morgan fingerprint density at radius 1 is 1.16 bits per heavy atom. The van der Waals surface area contributed by atoms with Crippen molar-refractivity contribution in [3.8, 4) is 11.5 Å². The summed E-state index contributed by atoms with van der Waals surface area (Å²) in [5.41, 5.74) is 1.98. The maximum absolute atomic E-state index is 12.1. The first kappa shape index (κ1) is 21.7. The average molecular weight is 424 g/mol. The van der Waals surface area contributed by atoms with E-state index in [-0.39, 0.29) is 11.4 Å². The van der Waals surface area contributed by atoms with Crippen LogP contribution in [0.4, 0.5) is 0 Å². The lowest BCUT2D eigenvalue weighted by molar-refractivity contribution is -0.155. The average Bonchev–Trinajstić information content (AvgIpc) is 3.07. The minimum atomic E-state index is -0.432. The molecule has 0 amide bonds. The molecule has 0 N–H and O–H groups in total. The highest BCUT2D eigenvalue weighted by Crippen LogP contribution is 2.45. The summed E-state index contributed by atoms with van der Waals surface area (Å²) < 4.78 is 17.6. The minimum Gasteiger partial charge on any atom is -0.492 e. The Kier molecular flexibility index (Phi) is 6.24.